The first-order chi connectivity index (χ1) is 17.4. The molecule has 1 aliphatic rings. The topological polar surface area (TPSA) is 210 Å². The lowest BCUT2D eigenvalue weighted by molar-refractivity contribution is -0.137. The van der Waals surface area contributed by atoms with Crippen LogP contribution >= 0.6 is 15.3 Å². The number of rotatable bonds is 10. The zero-order valence-electron chi connectivity index (χ0n) is 18.9. The average Bonchev–Trinajstić information content (AvgIpc) is 3.41. The molecule has 5 N–H and O–H groups in total. The maximum atomic E-state index is 14.8. The summed E-state index contributed by atoms with van der Waals surface area (Å²) in [7, 11) is -9.27. The number of nitrogens with zero attached hydrogens (tertiary/aromatic N) is 4. The van der Waals surface area contributed by atoms with Gasteiger partial charge in [-0.1, -0.05) is 18.2 Å². The predicted octanol–water partition coefficient (Wildman–Crippen LogP) is 1.98. The highest BCUT2D eigenvalue weighted by molar-refractivity contribution is 7.57. The molecule has 1 aromatic carbocycles. The fourth-order valence-corrected chi connectivity index (χ4v) is 5.30. The Morgan fingerprint density at radius 1 is 1.27 bits per heavy atom. The van der Waals surface area contributed by atoms with Crippen LogP contribution in [0.3, 0.4) is 0 Å². The van der Waals surface area contributed by atoms with E-state index in [1.54, 1.807) is 18.2 Å². The van der Waals surface area contributed by atoms with Crippen LogP contribution in [0.2, 0.25) is 0 Å². The number of phosphoric acid groups is 1. The van der Waals surface area contributed by atoms with E-state index in [0.29, 0.717) is 0 Å². The van der Waals surface area contributed by atoms with Crippen LogP contribution in [0.5, 0.6) is 5.75 Å². The maximum Gasteiger partial charge on any atom is 0.527 e. The number of halogens is 1. The summed E-state index contributed by atoms with van der Waals surface area (Å²) < 4.78 is 61.1. The molecule has 37 heavy (non-hydrogen) atoms. The summed E-state index contributed by atoms with van der Waals surface area (Å²) in [5.74, 6) is -1.92. The number of nitrogens with one attached hydrogen (secondary N) is 1. The minimum atomic E-state index is -5.14. The van der Waals surface area contributed by atoms with E-state index in [1.807, 2.05) is 0 Å². The summed E-state index contributed by atoms with van der Waals surface area (Å²) in [6.07, 6.45) is 0.0324. The maximum absolute atomic E-state index is 14.8. The lowest BCUT2D eigenvalue weighted by Gasteiger charge is -2.24. The molecule has 3 heterocycles. The Balaban J connectivity index is 1.48. The normalized spacial score (nSPS) is 20.3. The number of ether oxygens (including phenoxy) is 2. The number of para-hydroxylation sites is 1. The van der Waals surface area contributed by atoms with Gasteiger partial charge >= 0.3 is 21.3 Å². The predicted molar refractivity (Wildman–Crippen MR) is 124 cm³/mol. The van der Waals surface area contributed by atoms with Crippen molar-refractivity contribution in [1.82, 2.24) is 24.6 Å². The van der Waals surface area contributed by atoms with Crippen molar-refractivity contribution in [3.05, 3.63) is 54.9 Å². The van der Waals surface area contributed by atoms with Gasteiger partial charge in [0.25, 0.3) is 0 Å². The van der Waals surface area contributed by atoms with Crippen LogP contribution in [0.1, 0.15) is 13.2 Å². The Morgan fingerprint density at radius 2 is 2.00 bits per heavy atom. The molecule has 0 aliphatic carbocycles. The van der Waals surface area contributed by atoms with Crippen LogP contribution in [-0.4, -0.2) is 54.0 Å². The number of nitrogen functional groups attached to an aromatic ring is 1. The van der Waals surface area contributed by atoms with Crippen molar-refractivity contribution in [1.29, 1.82) is 0 Å². The van der Waals surface area contributed by atoms with Crippen LogP contribution in [0.25, 0.3) is 11.2 Å². The lowest BCUT2D eigenvalue weighted by Crippen LogP contribution is -2.35. The second-order valence-corrected chi connectivity index (χ2v) is 10.8. The van der Waals surface area contributed by atoms with E-state index >= 15 is 0 Å². The van der Waals surface area contributed by atoms with Crippen LogP contribution in [0.4, 0.5) is 10.2 Å². The molecule has 198 valence electrons. The van der Waals surface area contributed by atoms with Gasteiger partial charge in [0.05, 0.1) is 6.33 Å². The van der Waals surface area contributed by atoms with Crippen LogP contribution in [0.15, 0.2) is 54.9 Å². The monoisotopic (exact) mass is 558 g/mol. The van der Waals surface area contributed by atoms with Crippen molar-refractivity contribution in [2.75, 3.05) is 12.1 Å². The number of hydrogen-bond acceptors (Lipinski definition) is 11. The Bertz CT molecular complexity index is 1420. The van der Waals surface area contributed by atoms with E-state index in [0.717, 1.165) is 13.0 Å². The molecule has 0 saturated heterocycles. The molecule has 1 aliphatic heterocycles. The molecule has 2 aromatic heterocycles. The van der Waals surface area contributed by atoms with Gasteiger partial charge in [0.2, 0.25) is 0 Å². The molecular weight excluding hydrogens is 537 g/mol. The number of hydrogen-bond donors (Lipinski definition) is 4. The smallest absolute Gasteiger partial charge is 0.431 e. The zero-order chi connectivity index (χ0) is 26.8. The highest BCUT2D eigenvalue weighted by atomic mass is 31.2. The number of phosphoric ester groups is 1. The number of nitrogens with two attached hydrogens (primary N) is 1. The fourth-order valence-electron chi connectivity index (χ4n) is 3.23. The Morgan fingerprint density at radius 3 is 2.70 bits per heavy atom. The molecular formula is C19H21FN6O9P2. The van der Waals surface area contributed by atoms with Gasteiger partial charge in [0, 0.05) is 6.08 Å². The number of fused-ring (bicyclic) bond motifs is 1. The number of carbonyl (C=O) groups excluding carboxylic acids is 1. The largest absolute Gasteiger partial charge is 0.527 e. The third-order valence-corrected chi connectivity index (χ3v) is 6.98. The molecule has 4 rings (SSSR count). The van der Waals surface area contributed by atoms with Crippen molar-refractivity contribution < 1.29 is 46.6 Å². The molecule has 0 amide bonds. The van der Waals surface area contributed by atoms with E-state index in [1.165, 1.54) is 29.4 Å². The summed E-state index contributed by atoms with van der Waals surface area (Å²) in [6, 6.07) is 6.35. The van der Waals surface area contributed by atoms with E-state index in [-0.39, 0.29) is 22.7 Å². The number of anilines is 1. The van der Waals surface area contributed by atoms with Crippen LogP contribution in [0, 0.1) is 0 Å². The number of carbonyl (C=O) groups is 1. The number of aromatic nitrogens is 4. The van der Waals surface area contributed by atoms with E-state index in [4.69, 9.17) is 29.5 Å². The van der Waals surface area contributed by atoms with Gasteiger partial charge in [-0.15, -0.1) is 0 Å². The molecule has 0 unspecified atom stereocenters. The first-order valence-electron chi connectivity index (χ1n) is 10.4. The minimum Gasteiger partial charge on any atom is -0.431 e. The quantitative estimate of drug-likeness (QED) is 0.262. The molecule has 4 atom stereocenters. The highest BCUT2D eigenvalue weighted by Gasteiger charge is 2.37. The van der Waals surface area contributed by atoms with E-state index < -0.39 is 52.0 Å². The molecule has 3 aromatic rings. The van der Waals surface area contributed by atoms with Crippen molar-refractivity contribution in [3.8, 4) is 5.75 Å². The Hall–Kier alpha value is -3.23. The van der Waals surface area contributed by atoms with Crippen LogP contribution in [-0.2, 0) is 27.9 Å². The van der Waals surface area contributed by atoms with E-state index in [2.05, 4.69) is 24.6 Å². The molecule has 0 radical (unpaired) electrons. The number of imidazole rings is 1. The summed E-state index contributed by atoms with van der Waals surface area (Å²) in [5, 5.41) is 2.34. The minimum absolute atomic E-state index is 0.0930. The van der Waals surface area contributed by atoms with Crippen molar-refractivity contribution in [2.45, 2.75) is 25.5 Å². The van der Waals surface area contributed by atoms with Crippen molar-refractivity contribution in [3.63, 3.8) is 0 Å². The standard InChI is InChI=1S/C19H21FN6O9P2/c1-11(19(27)35-37(29,30)31)25-36(28,34-12-5-3-2-4-6-12)10-32-14-7-13(20)18(33-14)26-9-24-15-16(21)22-8-23-17(15)26/h2-9,11,14,18H,10H2,1H3,(H,25,28)(H2,21,22,23)(H2,29,30,31)/t11-,14-,18+,36-/m0/s1. The second-order valence-electron chi connectivity index (χ2n) is 7.62. The highest BCUT2D eigenvalue weighted by Crippen LogP contribution is 2.45. The van der Waals surface area contributed by atoms with Gasteiger partial charge < -0.3 is 24.3 Å². The van der Waals surface area contributed by atoms with E-state index in [9.17, 15) is 18.3 Å². The van der Waals surface area contributed by atoms with Gasteiger partial charge in [0.1, 0.15) is 23.6 Å². The average molecular weight is 558 g/mol. The Kier molecular flexibility index (Phi) is 7.71. The van der Waals surface area contributed by atoms with Gasteiger partial charge in [-0.3, -0.25) is 18.9 Å². The molecule has 0 fully saturated rings. The summed E-state index contributed by atoms with van der Waals surface area (Å²) in [6.45, 7) is 1.15. The first kappa shape index (κ1) is 26.8. The first-order valence-corrected chi connectivity index (χ1v) is 13.8. The Labute approximate surface area is 208 Å². The molecule has 0 saturated carbocycles. The zero-order valence-corrected chi connectivity index (χ0v) is 20.7. The van der Waals surface area contributed by atoms with Gasteiger partial charge in [0.15, 0.2) is 36.2 Å². The fraction of sp³-hybridized carbons (Fsp3) is 0.263. The van der Waals surface area contributed by atoms with Gasteiger partial charge in [-0.05, 0) is 19.1 Å². The summed E-state index contributed by atoms with van der Waals surface area (Å²) >= 11 is 0. The van der Waals surface area contributed by atoms with Crippen LogP contribution < -0.4 is 15.3 Å². The summed E-state index contributed by atoms with van der Waals surface area (Å²) in [5.41, 5.74) is 6.20. The van der Waals surface area contributed by atoms with Crippen molar-refractivity contribution in [2.24, 2.45) is 0 Å². The second kappa shape index (κ2) is 10.6. The third kappa shape index (κ3) is 6.56. The molecule has 0 bridgehead atoms. The SMILES string of the molecule is C[C@H](N[P@](=O)(CO[C@@H]1C=C(F)[C@H](n2cnc3c(N)ncnc32)O1)Oc1ccccc1)C(=O)OP(=O)(O)O. The molecule has 15 nitrogen and oxygen atoms in total. The number of benzene rings is 1. The molecule has 0 spiro atoms. The lowest BCUT2D eigenvalue weighted by atomic mass is 10.3. The summed E-state index contributed by atoms with van der Waals surface area (Å²) in [4.78, 5) is 41.6. The molecule has 18 heteroatoms. The van der Waals surface area contributed by atoms with Crippen molar-refractivity contribution >= 4 is 38.3 Å². The third-order valence-electron chi connectivity index (χ3n) is 4.79. The van der Waals surface area contributed by atoms with Gasteiger partial charge in [-0.2, -0.15) is 0 Å². The van der Waals surface area contributed by atoms with Gasteiger partial charge in [-0.25, -0.2) is 33.8 Å².